The van der Waals surface area contributed by atoms with Gasteiger partial charge in [-0.05, 0) is 51.4 Å². The zero-order valence-electron chi connectivity index (χ0n) is 11.8. The lowest BCUT2D eigenvalue weighted by Gasteiger charge is -2.33. The van der Waals surface area contributed by atoms with E-state index < -0.39 is 0 Å². The minimum Gasteiger partial charge on any atom is -0.381 e. The van der Waals surface area contributed by atoms with E-state index in [9.17, 15) is 4.39 Å². The zero-order chi connectivity index (χ0) is 13.7. The quantitative estimate of drug-likeness (QED) is 0.833. The van der Waals surface area contributed by atoms with E-state index in [1.807, 2.05) is 6.07 Å². The second-order valence-corrected chi connectivity index (χ2v) is 5.36. The molecule has 1 aromatic rings. The first kappa shape index (κ1) is 14.1. The zero-order valence-corrected chi connectivity index (χ0v) is 11.8. The van der Waals surface area contributed by atoms with Crippen LogP contribution in [0.1, 0.15) is 26.7 Å². The van der Waals surface area contributed by atoms with Gasteiger partial charge in [0.15, 0.2) is 0 Å². The van der Waals surface area contributed by atoms with Gasteiger partial charge in [-0.25, -0.2) is 4.39 Å². The van der Waals surface area contributed by atoms with Crippen molar-refractivity contribution in [3.63, 3.8) is 0 Å². The maximum atomic E-state index is 13.2. The molecule has 19 heavy (non-hydrogen) atoms. The van der Waals surface area contributed by atoms with E-state index in [1.54, 1.807) is 12.1 Å². The topological polar surface area (TPSA) is 15.3 Å². The van der Waals surface area contributed by atoms with Crippen LogP contribution in [0.15, 0.2) is 35.9 Å². The van der Waals surface area contributed by atoms with Gasteiger partial charge >= 0.3 is 0 Å². The maximum absolute atomic E-state index is 13.2. The SMILES string of the molecule is CC=C(C)CN1CCCC(Nc2cccc(F)c2)C1. The third-order valence-electron chi connectivity index (χ3n) is 3.67. The summed E-state index contributed by atoms with van der Waals surface area (Å²) in [7, 11) is 0. The molecular formula is C16H23FN2. The van der Waals surface area contributed by atoms with Crippen molar-refractivity contribution >= 4 is 5.69 Å². The molecular weight excluding hydrogens is 239 g/mol. The number of hydrogen-bond acceptors (Lipinski definition) is 2. The Morgan fingerprint density at radius 3 is 3.11 bits per heavy atom. The maximum Gasteiger partial charge on any atom is 0.125 e. The van der Waals surface area contributed by atoms with Gasteiger partial charge in [0.1, 0.15) is 5.82 Å². The number of hydrogen-bond donors (Lipinski definition) is 1. The van der Waals surface area contributed by atoms with Crippen molar-refractivity contribution in [3.05, 3.63) is 41.7 Å². The lowest BCUT2D eigenvalue weighted by molar-refractivity contribution is 0.232. The van der Waals surface area contributed by atoms with Crippen LogP contribution in [0.2, 0.25) is 0 Å². The van der Waals surface area contributed by atoms with Gasteiger partial charge in [-0.1, -0.05) is 17.7 Å². The van der Waals surface area contributed by atoms with Gasteiger partial charge in [0.2, 0.25) is 0 Å². The Kier molecular flexibility index (Phi) is 4.97. The van der Waals surface area contributed by atoms with Gasteiger partial charge in [0, 0.05) is 24.8 Å². The van der Waals surface area contributed by atoms with Crippen LogP contribution in [-0.2, 0) is 0 Å². The lowest BCUT2D eigenvalue weighted by atomic mass is 10.0. The highest BCUT2D eigenvalue weighted by molar-refractivity contribution is 5.44. The molecule has 1 unspecified atom stereocenters. The predicted octanol–water partition coefficient (Wildman–Crippen LogP) is 3.67. The molecule has 0 radical (unpaired) electrons. The summed E-state index contributed by atoms with van der Waals surface area (Å²) in [6, 6.07) is 7.14. The standard InChI is InChI=1S/C16H23FN2/c1-3-13(2)11-19-9-5-8-16(12-19)18-15-7-4-6-14(17)10-15/h3-4,6-7,10,16,18H,5,8-9,11-12H2,1-2H3. The first-order valence-electron chi connectivity index (χ1n) is 7.03. The molecule has 3 heteroatoms. The van der Waals surface area contributed by atoms with E-state index in [0.717, 1.165) is 31.7 Å². The molecule has 1 aliphatic rings. The van der Waals surface area contributed by atoms with Gasteiger partial charge in [-0.3, -0.25) is 4.90 Å². The van der Waals surface area contributed by atoms with Gasteiger partial charge in [0.05, 0.1) is 0 Å². The Balaban J connectivity index is 1.90. The highest BCUT2D eigenvalue weighted by atomic mass is 19.1. The van der Waals surface area contributed by atoms with E-state index >= 15 is 0 Å². The average molecular weight is 262 g/mol. The normalized spacial score (nSPS) is 21.4. The van der Waals surface area contributed by atoms with Crippen molar-refractivity contribution in [3.8, 4) is 0 Å². The van der Waals surface area contributed by atoms with Gasteiger partial charge in [0.25, 0.3) is 0 Å². The van der Waals surface area contributed by atoms with Crippen molar-refractivity contribution in [2.24, 2.45) is 0 Å². The number of nitrogens with zero attached hydrogens (tertiary/aromatic N) is 1. The van der Waals surface area contributed by atoms with Crippen molar-refractivity contribution in [2.75, 3.05) is 25.0 Å². The second kappa shape index (κ2) is 6.71. The van der Waals surface area contributed by atoms with Crippen LogP contribution < -0.4 is 5.32 Å². The first-order valence-corrected chi connectivity index (χ1v) is 7.03. The molecule has 0 aromatic heterocycles. The van der Waals surface area contributed by atoms with E-state index in [0.29, 0.717) is 6.04 Å². The largest absolute Gasteiger partial charge is 0.381 e. The summed E-state index contributed by atoms with van der Waals surface area (Å²) in [6.07, 6.45) is 4.52. The molecule has 1 aliphatic heterocycles. The molecule has 0 saturated carbocycles. The second-order valence-electron chi connectivity index (χ2n) is 5.36. The fourth-order valence-corrected chi connectivity index (χ4v) is 2.57. The van der Waals surface area contributed by atoms with Crippen LogP contribution in [0.25, 0.3) is 0 Å². The van der Waals surface area contributed by atoms with Crippen LogP contribution in [0, 0.1) is 5.82 Å². The van der Waals surface area contributed by atoms with Crippen LogP contribution in [0.3, 0.4) is 0 Å². The van der Waals surface area contributed by atoms with E-state index in [1.165, 1.54) is 18.1 Å². The molecule has 1 aromatic carbocycles. The smallest absolute Gasteiger partial charge is 0.125 e. The number of nitrogens with one attached hydrogen (secondary N) is 1. The fraction of sp³-hybridized carbons (Fsp3) is 0.500. The number of likely N-dealkylation sites (tertiary alicyclic amines) is 1. The Morgan fingerprint density at radius 2 is 2.37 bits per heavy atom. The summed E-state index contributed by atoms with van der Waals surface area (Å²) in [4.78, 5) is 2.47. The first-order chi connectivity index (χ1) is 9.17. The van der Waals surface area contributed by atoms with Crippen molar-refractivity contribution in [2.45, 2.75) is 32.7 Å². The summed E-state index contributed by atoms with van der Waals surface area (Å²) in [6.45, 7) is 7.48. The minimum atomic E-state index is -0.178. The van der Waals surface area contributed by atoms with Crippen molar-refractivity contribution in [1.82, 2.24) is 4.90 Å². The molecule has 1 atom stereocenters. The molecule has 0 spiro atoms. The van der Waals surface area contributed by atoms with Crippen molar-refractivity contribution in [1.29, 1.82) is 0 Å². The number of anilines is 1. The van der Waals surface area contributed by atoms with E-state index in [4.69, 9.17) is 0 Å². The minimum absolute atomic E-state index is 0.178. The molecule has 1 heterocycles. The lowest BCUT2D eigenvalue weighted by Crippen LogP contribution is -2.42. The summed E-state index contributed by atoms with van der Waals surface area (Å²) in [5.74, 6) is -0.178. The third-order valence-corrected chi connectivity index (χ3v) is 3.67. The van der Waals surface area contributed by atoms with Crippen LogP contribution in [0.4, 0.5) is 10.1 Å². The number of halogens is 1. The molecule has 1 saturated heterocycles. The Labute approximate surface area is 115 Å². The summed E-state index contributed by atoms with van der Waals surface area (Å²) < 4.78 is 13.2. The molecule has 0 aliphatic carbocycles. The molecule has 0 bridgehead atoms. The molecule has 0 amide bonds. The highest BCUT2D eigenvalue weighted by Crippen LogP contribution is 2.17. The number of allylic oxidation sites excluding steroid dienone is 1. The summed E-state index contributed by atoms with van der Waals surface area (Å²) >= 11 is 0. The monoisotopic (exact) mass is 262 g/mol. The number of rotatable bonds is 4. The Hall–Kier alpha value is -1.35. The van der Waals surface area contributed by atoms with E-state index in [2.05, 4.69) is 30.1 Å². The molecule has 2 nitrogen and oxygen atoms in total. The van der Waals surface area contributed by atoms with Crippen LogP contribution in [0.5, 0.6) is 0 Å². The number of benzene rings is 1. The van der Waals surface area contributed by atoms with Gasteiger partial charge < -0.3 is 5.32 Å². The van der Waals surface area contributed by atoms with Crippen LogP contribution in [-0.4, -0.2) is 30.6 Å². The highest BCUT2D eigenvalue weighted by Gasteiger charge is 2.19. The Morgan fingerprint density at radius 1 is 1.53 bits per heavy atom. The number of piperidine rings is 1. The van der Waals surface area contributed by atoms with E-state index in [-0.39, 0.29) is 5.82 Å². The predicted molar refractivity (Wildman–Crippen MR) is 78.9 cm³/mol. The molecule has 1 fully saturated rings. The molecule has 104 valence electrons. The fourth-order valence-electron chi connectivity index (χ4n) is 2.57. The van der Waals surface area contributed by atoms with Crippen molar-refractivity contribution < 1.29 is 4.39 Å². The molecule has 1 N–H and O–H groups in total. The van der Waals surface area contributed by atoms with Gasteiger partial charge in [-0.2, -0.15) is 0 Å². The molecule has 2 rings (SSSR count). The van der Waals surface area contributed by atoms with Gasteiger partial charge in [-0.15, -0.1) is 0 Å². The average Bonchev–Trinajstić information content (AvgIpc) is 2.39. The third kappa shape index (κ3) is 4.35. The van der Waals surface area contributed by atoms with Crippen LogP contribution >= 0.6 is 0 Å². The summed E-state index contributed by atoms with van der Waals surface area (Å²) in [5, 5.41) is 3.44. The summed E-state index contributed by atoms with van der Waals surface area (Å²) in [5.41, 5.74) is 2.29. The Bertz CT molecular complexity index is 442.